The highest BCUT2D eigenvalue weighted by molar-refractivity contribution is 5.90. The van der Waals surface area contributed by atoms with Crippen molar-refractivity contribution in [2.75, 3.05) is 4.90 Å². The van der Waals surface area contributed by atoms with Gasteiger partial charge in [0, 0.05) is 29.4 Å². The Morgan fingerprint density at radius 2 is 1.52 bits per heavy atom. The van der Waals surface area contributed by atoms with E-state index in [1.807, 2.05) is 12.3 Å². The molecule has 0 amide bonds. The number of rotatable bonds is 7. The van der Waals surface area contributed by atoms with Gasteiger partial charge in [-0.05, 0) is 62.1 Å². The van der Waals surface area contributed by atoms with Crippen LogP contribution in [-0.4, -0.2) is 17.1 Å². The Morgan fingerprint density at radius 3 is 2.19 bits per heavy atom. The molecule has 0 unspecified atom stereocenters. The van der Waals surface area contributed by atoms with Crippen molar-refractivity contribution in [1.82, 2.24) is 4.98 Å². The largest absolute Gasteiger partial charge is 0.366 e. The van der Waals surface area contributed by atoms with E-state index in [0.717, 1.165) is 18.4 Å². The minimum absolute atomic E-state index is 0.546. The molecule has 3 rings (SSSR count). The van der Waals surface area contributed by atoms with Crippen LogP contribution in [0.2, 0.25) is 0 Å². The van der Waals surface area contributed by atoms with E-state index >= 15 is 0 Å². The third-order valence-electron chi connectivity index (χ3n) is 5.46. The van der Waals surface area contributed by atoms with Crippen LogP contribution in [0.15, 0.2) is 60.8 Å². The summed E-state index contributed by atoms with van der Waals surface area (Å²) < 4.78 is 0. The van der Waals surface area contributed by atoms with Crippen LogP contribution < -0.4 is 4.90 Å². The summed E-state index contributed by atoms with van der Waals surface area (Å²) in [7, 11) is 0. The number of hydrogen-bond donors (Lipinski definition) is 0. The highest BCUT2D eigenvalue weighted by Crippen LogP contribution is 2.24. The summed E-state index contributed by atoms with van der Waals surface area (Å²) in [5.74, 6) is 0. The molecule has 0 radical (unpaired) electrons. The van der Waals surface area contributed by atoms with Crippen molar-refractivity contribution in [3.63, 3.8) is 0 Å². The maximum absolute atomic E-state index is 4.44. The van der Waals surface area contributed by atoms with Crippen LogP contribution in [0.4, 0.5) is 5.69 Å². The lowest BCUT2D eigenvalue weighted by molar-refractivity contribution is 0.527. The molecule has 0 bridgehead atoms. The molecule has 0 aliphatic rings. The summed E-state index contributed by atoms with van der Waals surface area (Å²) in [6.07, 6.45) is 8.55. The molecular formula is C25H30N2. The van der Waals surface area contributed by atoms with Gasteiger partial charge in [0.1, 0.15) is 0 Å². The number of fused-ring (bicyclic) bond motifs is 1. The summed E-state index contributed by atoms with van der Waals surface area (Å²) in [6, 6.07) is 20.4. The predicted molar refractivity (Wildman–Crippen MR) is 119 cm³/mol. The highest BCUT2D eigenvalue weighted by atomic mass is 15.2. The third-order valence-corrected chi connectivity index (χ3v) is 5.46. The monoisotopic (exact) mass is 358 g/mol. The lowest BCUT2D eigenvalue weighted by atomic mass is 10.1. The quantitative estimate of drug-likeness (QED) is 0.461. The summed E-state index contributed by atoms with van der Waals surface area (Å²) in [4.78, 5) is 6.98. The molecule has 2 nitrogen and oxygen atoms in total. The van der Waals surface area contributed by atoms with Gasteiger partial charge >= 0.3 is 0 Å². The first-order valence-electron chi connectivity index (χ1n) is 10.0. The van der Waals surface area contributed by atoms with E-state index in [0.29, 0.717) is 12.1 Å². The molecule has 0 spiro atoms. The van der Waals surface area contributed by atoms with E-state index in [-0.39, 0.29) is 0 Å². The third kappa shape index (κ3) is 4.39. The molecular weight excluding hydrogens is 328 g/mol. The van der Waals surface area contributed by atoms with Gasteiger partial charge in [0.25, 0.3) is 0 Å². The molecule has 2 aromatic carbocycles. The van der Waals surface area contributed by atoms with E-state index < -0.39 is 0 Å². The van der Waals surface area contributed by atoms with Crippen molar-refractivity contribution in [3.05, 3.63) is 71.9 Å². The van der Waals surface area contributed by atoms with Crippen molar-refractivity contribution in [2.24, 2.45) is 0 Å². The van der Waals surface area contributed by atoms with Gasteiger partial charge in [-0.2, -0.15) is 0 Å². The van der Waals surface area contributed by atoms with Crippen LogP contribution in [0, 0.1) is 0 Å². The SMILES string of the molecule is CC[C@H](C)N(c1ccc(/C=C/c2ccnc3ccccc23)cc1)[C@@H](C)CC. The van der Waals surface area contributed by atoms with Crippen LogP contribution >= 0.6 is 0 Å². The fourth-order valence-electron chi connectivity index (χ4n) is 3.54. The Hall–Kier alpha value is -2.61. The fraction of sp³-hybridized carbons (Fsp3) is 0.320. The van der Waals surface area contributed by atoms with E-state index in [2.05, 4.69) is 98.3 Å². The van der Waals surface area contributed by atoms with Crippen LogP contribution in [0.3, 0.4) is 0 Å². The minimum atomic E-state index is 0.546. The zero-order valence-corrected chi connectivity index (χ0v) is 16.9. The van der Waals surface area contributed by atoms with E-state index in [4.69, 9.17) is 0 Å². The van der Waals surface area contributed by atoms with E-state index in [1.165, 1.54) is 22.2 Å². The number of anilines is 1. The Bertz CT molecular complexity index is 880. The van der Waals surface area contributed by atoms with Crippen molar-refractivity contribution in [1.29, 1.82) is 0 Å². The zero-order valence-electron chi connectivity index (χ0n) is 16.9. The van der Waals surface area contributed by atoms with E-state index in [1.54, 1.807) is 0 Å². The second kappa shape index (κ2) is 8.85. The summed E-state index contributed by atoms with van der Waals surface area (Å²) in [5, 5.41) is 1.19. The van der Waals surface area contributed by atoms with Gasteiger partial charge in [0.15, 0.2) is 0 Å². The van der Waals surface area contributed by atoms with Crippen LogP contribution in [-0.2, 0) is 0 Å². The standard InChI is InChI=1S/C25H30N2/c1-5-19(3)27(20(4)6-2)23-15-12-21(13-16-23)11-14-22-17-18-26-25-10-8-7-9-24(22)25/h7-20H,5-6H2,1-4H3/b14-11+/t19-,20-/m0/s1. The number of pyridine rings is 1. The first-order valence-corrected chi connectivity index (χ1v) is 10.0. The lowest BCUT2D eigenvalue weighted by Crippen LogP contribution is -2.39. The predicted octanol–water partition coefficient (Wildman–Crippen LogP) is 6.81. The van der Waals surface area contributed by atoms with Crippen molar-refractivity contribution < 1.29 is 0 Å². The topological polar surface area (TPSA) is 16.1 Å². The summed E-state index contributed by atoms with van der Waals surface area (Å²) in [6.45, 7) is 9.15. The molecule has 0 saturated carbocycles. The van der Waals surface area contributed by atoms with Crippen molar-refractivity contribution in [3.8, 4) is 0 Å². The molecule has 1 heterocycles. The number of benzene rings is 2. The number of hydrogen-bond acceptors (Lipinski definition) is 2. The molecule has 0 saturated heterocycles. The fourth-order valence-corrected chi connectivity index (χ4v) is 3.54. The van der Waals surface area contributed by atoms with Crippen LogP contribution in [0.5, 0.6) is 0 Å². The number of aromatic nitrogens is 1. The second-order valence-electron chi connectivity index (χ2n) is 7.26. The van der Waals surface area contributed by atoms with E-state index in [9.17, 15) is 0 Å². The molecule has 1 aromatic heterocycles. The van der Waals surface area contributed by atoms with Gasteiger partial charge in [-0.1, -0.05) is 56.3 Å². The molecule has 0 fully saturated rings. The number of nitrogens with zero attached hydrogens (tertiary/aromatic N) is 2. The Kier molecular flexibility index (Phi) is 6.28. The average Bonchev–Trinajstić information content (AvgIpc) is 2.72. The van der Waals surface area contributed by atoms with Gasteiger partial charge in [-0.15, -0.1) is 0 Å². The lowest BCUT2D eigenvalue weighted by Gasteiger charge is -2.36. The molecule has 0 aliphatic heterocycles. The van der Waals surface area contributed by atoms with Gasteiger partial charge in [-0.3, -0.25) is 4.98 Å². The molecule has 27 heavy (non-hydrogen) atoms. The first kappa shape index (κ1) is 19.2. The van der Waals surface area contributed by atoms with Crippen molar-refractivity contribution >= 4 is 28.7 Å². The van der Waals surface area contributed by atoms with Gasteiger partial charge in [0.2, 0.25) is 0 Å². The molecule has 2 atom stereocenters. The maximum Gasteiger partial charge on any atom is 0.0707 e. The smallest absolute Gasteiger partial charge is 0.0707 e. The molecule has 0 N–H and O–H groups in total. The average molecular weight is 359 g/mol. The molecule has 3 aromatic rings. The van der Waals surface area contributed by atoms with Gasteiger partial charge in [0.05, 0.1) is 5.52 Å². The van der Waals surface area contributed by atoms with Gasteiger partial charge in [-0.25, -0.2) is 0 Å². The highest BCUT2D eigenvalue weighted by Gasteiger charge is 2.17. The first-order chi connectivity index (χ1) is 13.1. The summed E-state index contributed by atoms with van der Waals surface area (Å²) in [5.41, 5.74) is 4.76. The Labute approximate surface area is 163 Å². The van der Waals surface area contributed by atoms with Gasteiger partial charge < -0.3 is 4.90 Å². The second-order valence-corrected chi connectivity index (χ2v) is 7.26. The van der Waals surface area contributed by atoms with Crippen LogP contribution in [0.1, 0.15) is 51.7 Å². The molecule has 140 valence electrons. The minimum Gasteiger partial charge on any atom is -0.366 e. The van der Waals surface area contributed by atoms with Crippen molar-refractivity contribution in [2.45, 2.75) is 52.6 Å². The Morgan fingerprint density at radius 1 is 0.852 bits per heavy atom. The summed E-state index contributed by atoms with van der Waals surface area (Å²) >= 11 is 0. The number of para-hydroxylation sites is 1. The normalized spacial score (nSPS) is 13.8. The zero-order chi connectivity index (χ0) is 19.2. The molecule has 0 aliphatic carbocycles. The molecule has 2 heteroatoms. The maximum atomic E-state index is 4.44. The Balaban J connectivity index is 1.83. The van der Waals surface area contributed by atoms with Crippen LogP contribution in [0.25, 0.3) is 23.1 Å².